The summed E-state index contributed by atoms with van der Waals surface area (Å²) in [6.45, 7) is 0. The lowest BCUT2D eigenvalue weighted by Crippen LogP contribution is -1.99. The first-order valence-electron chi connectivity index (χ1n) is 8.15. The van der Waals surface area contributed by atoms with Crippen LogP contribution in [-0.2, 0) is 12.8 Å². The molecule has 0 saturated heterocycles. The van der Waals surface area contributed by atoms with Crippen LogP contribution >= 0.6 is 35.0 Å². The molecule has 3 nitrogen and oxygen atoms in total. The van der Waals surface area contributed by atoms with Crippen molar-refractivity contribution in [2.45, 2.75) is 29.2 Å². The summed E-state index contributed by atoms with van der Waals surface area (Å²) in [5.41, 5.74) is 2.32. The predicted molar refractivity (Wildman–Crippen MR) is 104 cm³/mol. The highest BCUT2D eigenvalue weighted by Gasteiger charge is 2.42. The van der Waals surface area contributed by atoms with E-state index in [9.17, 15) is 0 Å². The minimum absolute atomic E-state index is 0.457. The average molecular weight is 390 g/mol. The second-order valence-corrected chi connectivity index (χ2v) is 8.00. The molecule has 0 bridgehead atoms. The number of benzene rings is 2. The molecule has 2 unspecified atom stereocenters. The third-order valence-corrected chi connectivity index (χ3v) is 6.38. The van der Waals surface area contributed by atoms with E-state index in [0.717, 1.165) is 23.0 Å². The van der Waals surface area contributed by atoms with Crippen molar-refractivity contribution in [2.24, 2.45) is 7.05 Å². The molecule has 25 heavy (non-hydrogen) atoms. The van der Waals surface area contributed by atoms with E-state index in [-0.39, 0.29) is 0 Å². The first-order chi connectivity index (χ1) is 12.1. The average Bonchev–Trinajstić information content (AvgIpc) is 3.33. The van der Waals surface area contributed by atoms with Gasteiger partial charge in [0.05, 0.1) is 0 Å². The Labute approximate surface area is 161 Å². The molecule has 0 spiro atoms. The Morgan fingerprint density at radius 3 is 2.44 bits per heavy atom. The highest BCUT2D eigenvalue weighted by Crippen LogP contribution is 2.54. The van der Waals surface area contributed by atoms with Crippen LogP contribution in [0.5, 0.6) is 0 Å². The Hall–Kier alpha value is -1.49. The molecule has 0 amide bonds. The van der Waals surface area contributed by atoms with Gasteiger partial charge in [0.1, 0.15) is 5.82 Å². The molecule has 2 atom stereocenters. The fraction of sp³-hybridized carbons (Fsp3) is 0.263. The normalized spacial score (nSPS) is 19.2. The van der Waals surface area contributed by atoms with Crippen molar-refractivity contribution < 1.29 is 0 Å². The second kappa shape index (κ2) is 7.02. The van der Waals surface area contributed by atoms with E-state index in [1.807, 2.05) is 25.2 Å². The highest BCUT2D eigenvalue weighted by molar-refractivity contribution is 7.98. The van der Waals surface area contributed by atoms with Crippen molar-refractivity contribution in [3.8, 4) is 0 Å². The molecule has 3 aromatic rings. The van der Waals surface area contributed by atoms with Crippen LogP contribution in [0.3, 0.4) is 0 Å². The Balaban J connectivity index is 1.47. The number of nitrogens with zero attached hydrogens (tertiary/aromatic N) is 3. The number of halogens is 2. The SMILES string of the molecule is Cn1c(SCc2c(Cl)cccc2Cl)nnc1C1CC1c1ccccc1. The van der Waals surface area contributed by atoms with E-state index in [4.69, 9.17) is 23.2 Å². The largest absolute Gasteiger partial charge is 0.309 e. The monoisotopic (exact) mass is 389 g/mol. The van der Waals surface area contributed by atoms with Crippen molar-refractivity contribution in [1.29, 1.82) is 0 Å². The summed E-state index contributed by atoms with van der Waals surface area (Å²) in [6, 6.07) is 16.2. The number of rotatable bonds is 5. The molecule has 1 aromatic heterocycles. The van der Waals surface area contributed by atoms with Crippen LogP contribution in [0.2, 0.25) is 10.0 Å². The molecule has 1 fully saturated rings. The summed E-state index contributed by atoms with van der Waals surface area (Å²) < 4.78 is 2.10. The molecule has 0 aliphatic heterocycles. The van der Waals surface area contributed by atoms with E-state index < -0.39 is 0 Å². The van der Waals surface area contributed by atoms with Gasteiger partial charge in [-0.05, 0) is 35.6 Å². The third-order valence-electron chi connectivity index (χ3n) is 4.63. The second-order valence-electron chi connectivity index (χ2n) is 6.25. The van der Waals surface area contributed by atoms with E-state index >= 15 is 0 Å². The minimum Gasteiger partial charge on any atom is -0.309 e. The fourth-order valence-electron chi connectivity index (χ4n) is 3.13. The maximum Gasteiger partial charge on any atom is 0.191 e. The van der Waals surface area contributed by atoms with Crippen LogP contribution in [0.4, 0.5) is 0 Å². The van der Waals surface area contributed by atoms with Gasteiger partial charge in [0.2, 0.25) is 0 Å². The van der Waals surface area contributed by atoms with Crippen molar-refractivity contribution in [2.75, 3.05) is 0 Å². The van der Waals surface area contributed by atoms with Gasteiger partial charge in [-0.25, -0.2) is 0 Å². The smallest absolute Gasteiger partial charge is 0.191 e. The van der Waals surface area contributed by atoms with Crippen LogP contribution in [0.15, 0.2) is 53.7 Å². The number of aromatic nitrogens is 3. The Bertz CT molecular complexity index is 875. The summed E-state index contributed by atoms with van der Waals surface area (Å²) in [5, 5.41) is 11.1. The predicted octanol–water partition coefficient (Wildman–Crippen LogP) is 5.69. The molecule has 2 aromatic carbocycles. The quantitative estimate of drug-likeness (QED) is 0.525. The van der Waals surface area contributed by atoms with Crippen LogP contribution in [-0.4, -0.2) is 14.8 Å². The van der Waals surface area contributed by atoms with E-state index in [0.29, 0.717) is 27.6 Å². The van der Waals surface area contributed by atoms with Gasteiger partial charge in [-0.1, -0.05) is 71.4 Å². The molecular weight excluding hydrogens is 373 g/mol. The molecule has 1 saturated carbocycles. The van der Waals surface area contributed by atoms with E-state index in [1.54, 1.807) is 11.8 Å². The maximum absolute atomic E-state index is 6.25. The van der Waals surface area contributed by atoms with Crippen molar-refractivity contribution in [1.82, 2.24) is 14.8 Å². The van der Waals surface area contributed by atoms with Crippen LogP contribution in [0.1, 0.15) is 35.2 Å². The Kier molecular flexibility index (Phi) is 4.76. The van der Waals surface area contributed by atoms with Gasteiger partial charge in [0.15, 0.2) is 5.16 Å². The maximum atomic E-state index is 6.25. The van der Waals surface area contributed by atoms with E-state index in [1.165, 1.54) is 5.56 Å². The van der Waals surface area contributed by atoms with Gasteiger partial charge in [-0.15, -0.1) is 10.2 Å². The topological polar surface area (TPSA) is 30.7 Å². The Morgan fingerprint density at radius 2 is 1.72 bits per heavy atom. The van der Waals surface area contributed by atoms with Gasteiger partial charge in [-0.2, -0.15) is 0 Å². The third kappa shape index (κ3) is 3.43. The van der Waals surface area contributed by atoms with Crippen LogP contribution < -0.4 is 0 Å². The van der Waals surface area contributed by atoms with Crippen LogP contribution in [0.25, 0.3) is 0 Å². The van der Waals surface area contributed by atoms with Crippen molar-refractivity contribution in [3.63, 3.8) is 0 Å². The van der Waals surface area contributed by atoms with Gasteiger partial charge in [0.25, 0.3) is 0 Å². The minimum atomic E-state index is 0.457. The number of hydrogen-bond donors (Lipinski definition) is 0. The highest BCUT2D eigenvalue weighted by atomic mass is 35.5. The molecule has 1 heterocycles. The van der Waals surface area contributed by atoms with Crippen LogP contribution in [0, 0.1) is 0 Å². The molecule has 4 rings (SSSR count). The zero-order chi connectivity index (χ0) is 17.4. The van der Waals surface area contributed by atoms with Gasteiger partial charge in [0, 0.05) is 28.8 Å². The standard InChI is InChI=1S/C19H17Cl2N3S/c1-24-18(14-10-13(14)12-6-3-2-4-7-12)22-23-19(24)25-11-15-16(20)8-5-9-17(15)21/h2-9,13-14H,10-11H2,1H3. The lowest BCUT2D eigenvalue weighted by Gasteiger charge is -2.07. The summed E-state index contributed by atoms with van der Waals surface area (Å²) >= 11 is 14.1. The number of thioether (sulfide) groups is 1. The van der Waals surface area contributed by atoms with Gasteiger partial charge < -0.3 is 4.57 Å². The van der Waals surface area contributed by atoms with Gasteiger partial charge in [-0.3, -0.25) is 0 Å². The molecule has 0 radical (unpaired) electrons. The summed E-state index contributed by atoms with van der Waals surface area (Å²) in [5.74, 6) is 2.75. The molecule has 0 N–H and O–H groups in total. The molecule has 1 aliphatic carbocycles. The zero-order valence-corrected chi connectivity index (χ0v) is 16.0. The lowest BCUT2D eigenvalue weighted by atomic mass is 10.1. The first-order valence-corrected chi connectivity index (χ1v) is 9.89. The summed E-state index contributed by atoms with van der Waals surface area (Å²) in [6.07, 6.45) is 1.14. The number of hydrogen-bond acceptors (Lipinski definition) is 3. The Morgan fingerprint density at radius 1 is 1.00 bits per heavy atom. The summed E-state index contributed by atoms with van der Waals surface area (Å²) in [4.78, 5) is 0. The molecule has 6 heteroatoms. The van der Waals surface area contributed by atoms with Gasteiger partial charge >= 0.3 is 0 Å². The fourth-order valence-corrected chi connectivity index (χ4v) is 4.79. The molecular formula is C19H17Cl2N3S. The zero-order valence-electron chi connectivity index (χ0n) is 13.7. The summed E-state index contributed by atoms with van der Waals surface area (Å²) in [7, 11) is 2.03. The molecule has 128 valence electrons. The lowest BCUT2D eigenvalue weighted by molar-refractivity contribution is 0.730. The van der Waals surface area contributed by atoms with Crippen molar-refractivity contribution in [3.05, 3.63) is 75.5 Å². The first kappa shape index (κ1) is 17.0. The van der Waals surface area contributed by atoms with E-state index in [2.05, 4.69) is 45.1 Å². The van der Waals surface area contributed by atoms with Crippen molar-refractivity contribution >= 4 is 35.0 Å². The molecule has 1 aliphatic rings.